The SMILES string of the molecule is C[C@H](NS(=O)(=O)c1ccc(Cl)cc1)[C@H](c1cccs1)N1CCN(C)CC1. The van der Waals surface area contributed by atoms with E-state index in [1.807, 2.05) is 18.4 Å². The Morgan fingerprint density at radius 2 is 1.77 bits per heavy atom. The quantitative estimate of drug-likeness (QED) is 0.790. The number of nitrogens with zero attached hydrogens (tertiary/aromatic N) is 2. The molecule has 2 heterocycles. The molecule has 142 valence electrons. The Labute approximate surface area is 164 Å². The van der Waals surface area contributed by atoms with Gasteiger partial charge in [-0.3, -0.25) is 4.90 Å². The van der Waals surface area contributed by atoms with Gasteiger partial charge in [0.15, 0.2) is 0 Å². The molecule has 1 aliphatic heterocycles. The highest BCUT2D eigenvalue weighted by molar-refractivity contribution is 7.89. The van der Waals surface area contributed by atoms with Gasteiger partial charge in [-0.25, -0.2) is 13.1 Å². The molecule has 1 fully saturated rings. The first-order valence-corrected chi connectivity index (χ1v) is 11.3. The molecule has 0 bridgehead atoms. The lowest BCUT2D eigenvalue weighted by atomic mass is 10.1. The fourth-order valence-electron chi connectivity index (χ4n) is 3.29. The summed E-state index contributed by atoms with van der Waals surface area (Å²) in [7, 11) is -1.49. The topological polar surface area (TPSA) is 52.7 Å². The molecule has 0 aliphatic carbocycles. The molecule has 1 N–H and O–H groups in total. The first-order chi connectivity index (χ1) is 12.4. The third-order valence-electron chi connectivity index (χ3n) is 4.70. The summed E-state index contributed by atoms with van der Waals surface area (Å²) < 4.78 is 28.4. The fourth-order valence-corrected chi connectivity index (χ4v) is 5.63. The highest BCUT2D eigenvalue weighted by Crippen LogP contribution is 2.30. The zero-order valence-corrected chi connectivity index (χ0v) is 17.3. The van der Waals surface area contributed by atoms with Crippen LogP contribution in [-0.4, -0.2) is 57.5 Å². The number of hydrogen-bond donors (Lipinski definition) is 1. The van der Waals surface area contributed by atoms with Gasteiger partial charge in [0.2, 0.25) is 10.0 Å². The molecular formula is C18H24ClN3O2S2. The third-order valence-corrected chi connectivity index (χ3v) is 7.47. The van der Waals surface area contributed by atoms with Gasteiger partial charge in [0.05, 0.1) is 10.9 Å². The molecule has 5 nitrogen and oxygen atoms in total. The van der Waals surface area contributed by atoms with Crippen molar-refractivity contribution in [2.24, 2.45) is 0 Å². The Balaban J connectivity index is 1.81. The van der Waals surface area contributed by atoms with Crippen LogP contribution in [0.1, 0.15) is 17.8 Å². The predicted molar refractivity (Wildman–Crippen MR) is 107 cm³/mol. The van der Waals surface area contributed by atoms with Gasteiger partial charge in [0, 0.05) is 42.1 Å². The number of piperazine rings is 1. The molecule has 1 aromatic heterocycles. The Morgan fingerprint density at radius 3 is 2.35 bits per heavy atom. The van der Waals surface area contributed by atoms with Gasteiger partial charge in [-0.1, -0.05) is 17.7 Å². The summed E-state index contributed by atoms with van der Waals surface area (Å²) >= 11 is 7.54. The molecule has 0 saturated carbocycles. The molecule has 8 heteroatoms. The monoisotopic (exact) mass is 413 g/mol. The number of halogens is 1. The Morgan fingerprint density at radius 1 is 1.12 bits per heavy atom. The van der Waals surface area contributed by atoms with Crippen molar-refractivity contribution >= 4 is 33.0 Å². The normalized spacial score (nSPS) is 19.3. The molecule has 26 heavy (non-hydrogen) atoms. The molecule has 0 amide bonds. The van der Waals surface area contributed by atoms with Crippen LogP contribution in [0.25, 0.3) is 0 Å². The van der Waals surface area contributed by atoms with Crippen LogP contribution in [0.2, 0.25) is 5.02 Å². The number of nitrogens with one attached hydrogen (secondary N) is 1. The van der Waals surface area contributed by atoms with E-state index in [4.69, 9.17) is 11.6 Å². The van der Waals surface area contributed by atoms with E-state index in [-0.39, 0.29) is 17.0 Å². The van der Waals surface area contributed by atoms with Crippen molar-refractivity contribution in [1.82, 2.24) is 14.5 Å². The summed E-state index contributed by atoms with van der Waals surface area (Å²) in [6.45, 7) is 5.76. The molecule has 0 radical (unpaired) electrons. The summed E-state index contributed by atoms with van der Waals surface area (Å²) in [5.41, 5.74) is 0. The fraction of sp³-hybridized carbons (Fsp3) is 0.444. The maximum absolute atomic E-state index is 12.8. The van der Waals surface area contributed by atoms with Gasteiger partial charge < -0.3 is 4.90 Å². The van der Waals surface area contributed by atoms with E-state index in [9.17, 15) is 8.42 Å². The van der Waals surface area contributed by atoms with Crippen LogP contribution in [0.15, 0.2) is 46.7 Å². The van der Waals surface area contributed by atoms with Gasteiger partial charge in [-0.05, 0) is 49.7 Å². The highest BCUT2D eigenvalue weighted by Gasteiger charge is 2.31. The zero-order valence-electron chi connectivity index (χ0n) is 14.9. The minimum Gasteiger partial charge on any atom is -0.304 e. The Bertz CT molecular complexity index is 801. The number of rotatable bonds is 6. The van der Waals surface area contributed by atoms with E-state index in [0.29, 0.717) is 5.02 Å². The van der Waals surface area contributed by atoms with E-state index < -0.39 is 10.0 Å². The smallest absolute Gasteiger partial charge is 0.240 e. The molecule has 1 saturated heterocycles. The van der Waals surface area contributed by atoms with Crippen molar-refractivity contribution in [3.8, 4) is 0 Å². The average Bonchev–Trinajstić information content (AvgIpc) is 3.11. The van der Waals surface area contributed by atoms with E-state index >= 15 is 0 Å². The van der Waals surface area contributed by atoms with E-state index in [1.165, 1.54) is 17.0 Å². The lowest BCUT2D eigenvalue weighted by Crippen LogP contribution is -2.51. The molecule has 2 aromatic rings. The second-order valence-electron chi connectivity index (χ2n) is 6.66. The molecule has 3 rings (SSSR count). The van der Waals surface area contributed by atoms with Crippen molar-refractivity contribution in [2.75, 3.05) is 33.2 Å². The summed E-state index contributed by atoms with van der Waals surface area (Å²) in [4.78, 5) is 6.09. The number of sulfonamides is 1. The number of benzene rings is 1. The van der Waals surface area contributed by atoms with Crippen LogP contribution in [-0.2, 0) is 10.0 Å². The van der Waals surface area contributed by atoms with Crippen LogP contribution >= 0.6 is 22.9 Å². The maximum atomic E-state index is 12.8. The molecular weight excluding hydrogens is 390 g/mol. The van der Waals surface area contributed by atoms with Crippen molar-refractivity contribution in [2.45, 2.75) is 23.9 Å². The summed E-state index contributed by atoms with van der Waals surface area (Å²) in [6.07, 6.45) is 0. The Hall–Kier alpha value is -0.960. The number of hydrogen-bond acceptors (Lipinski definition) is 5. The number of likely N-dealkylation sites (N-methyl/N-ethyl adjacent to an activating group) is 1. The average molecular weight is 414 g/mol. The minimum absolute atomic E-state index is 0.0192. The maximum Gasteiger partial charge on any atom is 0.240 e. The van der Waals surface area contributed by atoms with Crippen LogP contribution in [0.3, 0.4) is 0 Å². The number of thiophene rings is 1. The minimum atomic E-state index is -3.60. The lowest BCUT2D eigenvalue weighted by molar-refractivity contribution is 0.0994. The molecule has 0 unspecified atom stereocenters. The first-order valence-electron chi connectivity index (χ1n) is 8.61. The largest absolute Gasteiger partial charge is 0.304 e. The van der Waals surface area contributed by atoms with Gasteiger partial charge in [0.25, 0.3) is 0 Å². The van der Waals surface area contributed by atoms with E-state index in [2.05, 4.69) is 27.6 Å². The van der Waals surface area contributed by atoms with Crippen LogP contribution < -0.4 is 4.72 Å². The lowest BCUT2D eigenvalue weighted by Gasteiger charge is -2.40. The molecule has 0 spiro atoms. The first kappa shape index (κ1) is 19.8. The van der Waals surface area contributed by atoms with Gasteiger partial charge >= 0.3 is 0 Å². The summed E-state index contributed by atoms with van der Waals surface area (Å²) in [5.74, 6) is 0. The highest BCUT2D eigenvalue weighted by atomic mass is 35.5. The summed E-state index contributed by atoms with van der Waals surface area (Å²) in [5, 5.41) is 2.56. The summed E-state index contributed by atoms with van der Waals surface area (Å²) in [6, 6.07) is 10.1. The van der Waals surface area contributed by atoms with Crippen LogP contribution in [0.5, 0.6) is 0 Å². The second kappa shape index (κ2) is 8.37. The van der Waals surface area contributed by atoms with Crippen molar-refractivity contribution < 1.29 is 8.42 Å². The molecule has 2 atom stereocenters. The standard InChI is InChI=1S/C18H24ClN3O2S2/c1-14(20-26(23,24)16-7-5-15(19)6-8-16)18(17-4-3-13-25-17)22-11-9-21(2)10-12-22/h3-8,13-14,18,20H,9-12H2,1-2H3/t14-,18+/m0/s1. The van der Waals surface area contributed by atoms with Gasteiger partial charge in [0.1, 0.15) is 0 Å². The molecule has 1 aromatic carbocycles. The second-order valence-corrected chi connectivity index (χ2v) is 9.79. The Kier molecular flexibility index (Phi) is 6.37. The van der Waals surface area contributed by atoms with Gasteiger partial charge in [-0.15, -0.1) is 11.3 Å². The van der Waals surface area contributed by atoms with Crippen molar-refractivity contribution in [1.29, 1.82) is 0 Å². The van der Waals surface area contributed by atoms with Crippen LogP contribution in [0.4, 0.5) is 0 Å². The van der Waals surface area contributed by atoms with Gasteiger partial charge in [-0.2, -0.15) is 0 Å². The third kappa shape index (κ3) is 4.65. The molecule has 1 aliphatic rings. The predicted octanol–water partition coefficient (Wildman–Crippen LogP) is 3.06. The van der Waals surface area contributed by atoms with Crippen LogP contribution in [0, 0.1) is 0 Å². The van der Waals surface area contributed by atoms with E-state index in [1.54, 1.807) is 23.5 Å². The van der Waals surface area contributed by atoms with E-state index in [0.717, 1.165) is 26.2 Å². The zero-order chi connectivity index (χ0) is 18.7. The van der Waals surface area contributed by atoms with Crippen molar-refractivity contribution in [3.63, 3.8) is 0 Å². The van der Waals surface area contributed by atoms with Crippen molar-refractivity contribution in [3.05, 3.63) is 51.7 Å².